The van der Waals surface area contributed by atoms with E-state index in [4.69, 9.17) is 0 Å². The molecule has 3 N–H and O–H groups in total. The molecule has 1 aliphatic carbocycles. The summed E-state index contributed by atoms with van der Waals surface area (Å²) in [5, 5.41) is 10.5. The molecule has 3 heteroatoms. The van der Waals surface area contributed by atoms with Crippen LogP contribution in [0.4, 0.5) is 0 Å². The van der Waals surface area contributed by atoms with Crippen LogP contribution in [0.25, 0.3) is 0 Å². The quantitative estimate of drug-likeness (QED) is 0.605. The summed E-state index contributed by atoms with van der Waals surface area (Å²) in [6.07, 6.45) is 2.52. The summed E-state index contributed by atoms with van der Waals surface area (Å²) in [6, 6.07) is 1.98. The van der Waals surface area contributed by atoms with Gasteiger partial charge in [-0.25, -0.2) is 0 Å². The van der Waals surface area contributed by atoms with E-state index in [1.165, 1.54) is 12.8 Å². The number of nitrogens with one attached hydrogen (secondary N) is 3. The highest BCUT2D eigenvalue weighted by atomic mass is 15.1. The van der Waals surface area contributed by atoms with E-state index in [0.717, 1.165) is 6.67 Å². The molecule has 0 bridgehead atoms. The van der Waals surface area contributed by atoms with Gasteiger partial charge in [0.05, 0.1) is 0 Å². The lowest BCUT2D eigenvalue weighted by Gasteiger charge is -2.40. The largest absolute Gasteiger partial charge is 0.309 e. The summed E-state index contributed by atoms with van der Waals surface area (Å²) in [5.41, 5.74) is 0.256. The summed E-state index contributed by atoms with van der Waals surface area (Å²) in [4.78, 5) is 0. The molecule has 15 heavy (non-hydrogen) atoms. The van der Waals surface area contributed by atoms with Gasteiger partial charge in [0.15, 0.2) is 0 Å². The Labute approximate surface area is 94.4 Å². The maximum absolute atomic E-state index is 3.62. The van der Waals surface area contributed by atoms with Crippen LogP contribution in [-0.4, -0.2) is 30.3 Å². The topological polar surface area (TPSA) is 36.1 Å². The predicted octanol–water partition coefficient (Wildman–Crippen LogP) is 1.45. The summed E-state index contributed by atoms with van der Waals surface area (Å²) in [6.45, 7) is 12.0. The average molecular weight is 213 g/mol. The van der Waals surface area contributed by atoms with Gasteiger partial charge in [-0.1, -0.05) is 0 Å². The first-order valence-electron chi connectivity index (χ1n) is 6.11. The van der Waals surface area contributed by atoms with Gasteiger partial charge in [0.25, 0.3) is 0 Å². The zero-order valence-corrected chi connectivity index (χ0v) is 10.9. The second kappa shape index (κ2) is 5.28. The molecule has 0 atom stereocenters. The molecule has 0 saturated heterocycles. The van der Waals surface area contributed by atoms with E-state index in [1.54, 1.807) is 0 Å². The van der Waals surface area contributed by atoms with Crippen molar-refractivity contribution in [1.82, 2.24) is 16.0 Å². The minimum absolute atomic E-state index is 0.256. The zero-order valence-electron chi connectivity index (χ0n) is 10.9. The van der Waals surface area contributed by atoms with E-state index < -0.39 is 0 Å². The smallest absolute Gasteiger partial charge is 0.0458 e. The molecule has 0 radical (unpaired) electrons. The van der Waals surface area contributed by atoms with Gasteiger partial charge in [-0.05, 0) is 47.5 Å². The van der Waals surface area contributed by atoms with Crippen LogP contribution in [0.2, 0.25) is 0 Å². The van der Waals surface area contributed by atoms with E-state index in [1.807, 2.05) is 0 Å². The highest BCUT2D eigenvalue weighted by molar-refractivity contribution is 4.93. The van der Waals surface area contributed by atoms with Gasteiger partial charge in [0.1, 0.15) is 0 Å². The molecule has 0 aromatic heterocycles. The van der Waals surface area contributed by atoms with E-state index in [-0.39, 0.29) is 5.54 Å². The minimum Gasteiger partial charge on any atom is -0.309 e. The average Bonchev–Trinajstić information content (AvgIpc) is 1.96. The molecule has 1 saturated carbocycles. The van der Waals surface area contributed by atoms with Crippen molar-refractivity contribution in [3.05, 3.63) is 0 Å². The summed E-state index contributed by atoms with van der Waals surface area (Å²) in [7, 11) is 0. The second-order valence-electron chi connectivity index (χ2n) is 6.00. The van der Waals surface area contributed by atoms with Gasteiger partial charge >= 0.3 is 0 Å². The van der Waals surface area contributed by atoms with Crippen LogP contribution in [0, 0.1) is 0 Å². The molecule has 90 valence electrons. The summed E-state index contributed by atoms with van der Waals surface area (Å²) in [5.74, 6) is 0. The third-order valence-electron chi connectivity index (χ3n) is 2.68. The Morgan fingerprint density at radius 2 is 1.73 bits per heavy atom. The number of hydrogen-bond acceptors (Lipinski definition) is 3. The molecule has 3 nitrogen and oxygen atoms in total. The van der Waals surface area contributed by atoms with Crippen molar-refractivity contribution < 1.29 is 0 Å². The Morgan fingerprint density at radius 3 is 2.20 bits per heavy atom. The number of rotatable bonds is 5. The Kier molecular flexibility index (Phi) is 4.56. The Hall–Kier alpha value is -0.120. The molecule has 0 aliphatic heterocycles. The second-order valence-corrected chi connectivity index (χ2v) is 6.00. The lowest BCUT2D eigenvalue weighted by Crippen LogP contribution is -2.57. The van der Waals surface area contributed by atoms with Crippen molar-refractivity contribution in [1.29, 1.82) is 0 Å². The van der Waals surface area contributed by atoms with Gasteiger partial charge in [0, 0.05) is 30.3 Å². The van der Waals surface area contributed by atoms with Crippen LogP contribution >= 0.6 is 0 Å². The van der Waals surface area contributed by atoms with E-state index in [9.17, 15) is 0 Å². The third-order valence-corrected chi connectivity index (χ3v) is 2.68. The molecule has 0 aromatic rings. The van der Waals surface area contributed by atoms with Crippen molar-refractivity contribution in [2.24, 2.45) is 0 Å². The standard InChI is InChI=1S/C12H27N3/c1-9(2)13-8-14-10-6-11(7-10)15-12(3,4)5/h9-11,13-15H,6-8H2,1-5H3/t10-,11-. The lowest BCUT2D eigenvalue weighted by molar-refractivity contribution is 0.204. The van der Waals surface area contributed by atoms with Crippen LogP contribution in [0.1, 0.15) is 47.5 Å². The molecular weight excluding hydrogens is 186 g/mol. The molecule has 0 spiro atoms. The first kappa shape index (κ1) is 12.9. The number of hydrogen-bond donors (Lipinski definition) is 3. The molecule has 1 aliphatic rings. The minimum atomic E-state index is 0.256. The zero-order chi connectivity index (χ0) is 11.5. The first-order valence-corrected chi connectivity index (χ1v) is 6.11. The van der Waals surface area contributed by atoms with Gasteiger partial charge in [-0.3, -0.25) is 0 Å². The monoisotopic (exact) mass is 213 g/mol. The van der Waals surface area contributed by atoms with Gasteiger partial charge in [-0.2, -0.15) is 0 Å². The Morgan fingerprint density at radius 1 is 1.13 bits per heavy atom. The third kappa shape index (κ3) is 5.50. The van der Waals surface area contributed by atoms with Gasteiger partial charge < -0.3 is 16.0 Å². The molecule has 0 unspecified atom stereocenters. The fraction of sp³-hybridized carbons (Fsp3) is 1.00. The molecule has 0 amide bonds. The van der Waals surface area contributed by atoms with E-state index >= 15 is 0 Å². The predicted molar refractivity (Wildman–Crippen MR) is 66.0 cm³/mol. The normalized spacial score (nSPS) is 26.8. The van der Waals surface area contributed by atoms with Gasteiger partial charge in [0.2, 0.25) is 0 Å². The molecule has 1 fully saturated rings. The van der Waals surface area contributed by atoms with E-state index in [2.05, 4.69) is 50.6 Å². The molecule has 0 heterocycles. The van der Waals surface area contributed by atoms with Crippen molar-refractivity contribution in [3.63, 3.8) is 0 Å². The summed E-state index contributed by atoms with van der Waals surface area (Å²) < 4.78 is 0. The highest BCUT2D eigenvalue weighted by Crippen LogP contribution is 2.21. The fourth-order valence-corrected chi connectivity index (χ4v) is 1.92. The van der Waals surface area contributed by atoms with Crippen molar-refractivity contribution in [3.8, 4) is 0 Å². The highest BCUT2D eigenvalue weighted by Gasteiger charge is 2.30. The van der Waals surface area contributed by atoms with Crippen LogP contribution in [0.15, 0.2) is 0 Å². The van der Waals surface area contributed by atoms with Crippen LogP contribution in [-0.2, 0) is 0 Å². The van der Waals surface area contributed by atoms with Crippen molar-refractivity contribution >= 4 is 0 Å². The van der Waals surface area contributed by atoms with Crippen molar-refractivity contribution in [2.45, 2.75) is 71.1 Å². The summed E-state index contributed by atoms with van der Waals surface area (Å²) >= 11 is 0. The Bertz CT molecular complexity index is 178. The first-order chi connectivity index (χ1) is 6.87. The van der Waals surface area contributed by atoms with Crippen molar-refractivity contribution in [2.75, 3.05) is 6.67 Å². The molecular formula is C12H27N3. The van der Waals surface area contributed by atoms with E-state index in [0.29, 0.717) is 18.1 Å². The van der Waals surface area contributed by atoms with Gasteiger partial charge in [-0.15, -0.1) is 0 Å². The van der Waals surface area contributed by atoms with Crippen LogP contribution < -0.4 is 16.0 Å². The van der Waals surface area contributed by atoms with Crippen LogP contribution in [0.5, 0.6) is 0 Å². The Balaban J connectivity index is 2.01. The maximum atomic E-state index is 3.62. The SMILES string of the molecule is CC(C)NCN[C@H]1C[C@H](NC(C)(C)C)C1. The molecule has 0 aromatic carbocycles. The fourth-order valence-electron chi connectivity index (χ4n) is 1.92. The lowest BCUT2D eigenvalue weighted by atomic mass is 9.85. The van der Waals surface area contributed by atoms with Crippen LogP contribution in [0.3, 0.4) is 0 Å². The maximum Gasteiger partial charge on any atom is 0.0458 e. The molecule has 1 rings (SSSR count).